The maximum absolute atomic E-state index is 14.9. The predicted molar refractivity (Wildman–Crippen MR) is 151 cm³/mol. The third kappa shape index (κ3) is 4.29. The van der Waals surface area contributed by atoms with Crippen LogP contribution in [0.5, 0.6) is 0 Å². The van der Waals surface area contributed by atoms with Crippen molar-refractivity contribution in [3.8, 4) is 0 Å². The van der Waals surface area contributed by atoms with Crippen molar-refractivity contribution < 1.29 is 18.4 Å². The summed E-state index contributed by atoms with van der Waals surface area (Å²) in [7, 11) is 0. The van der Waals surface area contributed by atoms with Crippen LogP contribution in [0.3, 0.4) is 0 Å². The fourth-order valence-electron chi connectivity index (χ4n) is 6.78. The van der Waals surface area contributed by atoms with Gasteiger partial charge in [-0.25, -0.2) is 13.8 Å². The van der Waals surface area contributed by atoms with Gasteiger partial charge in [0.1, 0.15) is 5.82 Å². The molecule has 214 valence electrons. The van der Waals surface area contributed by atoms with E-state index in [2.05, 4.69) is 35.6 Å². The van der Waals surface area contributed by atoms with E-state index >= 15 is 0 Å². The van der Waals surface area contributed by atoms with E-state index in [1.165, 1.54) is 18.3 Å². The number of fused-ring (bicyclic) bond motifs is 4. The Kier molecular flexibility index (Phi) is 6.36. The molecular weight excluding hydrogens is 554 g/mol. The van der Waals surface area contributed by atoms with E-state index in [1.54, 1.807) is 36.7 Å². The second-order valence-electron chi connectivity index (χ2n) is 11.1. The highest BCUT2D eigenvalue weighted by Crippen LogP contribution is 2.47. The zero-order valence-corrected chi connectivity index (χ0v) is 22.7. The van der Waals surface area contributed by atoms with E-state index in [0.717, 1.165) is 22.9 Å². The minimum Gasteiger partial charge on any atom is -0.344 e. The van der Waals surface area contributed by atoms with Gasteiger partial charge in [0.05, 0.1) is 28.8 Å². The van der Waals surface area contributed by atoms with Gasteiger partial charge in [-0.1, -0.05) is 29.4 Å². The average molecular weight is 579 g/mol. The molecule has 2 N–H and O–H groups in total. The van der Waals surface area contributed by atoms with E-state index in [0.29, 0.717) is 48.3 Å². The van der Waals surface area contributed by atoms with Crippen LogP contribution in [0.25, 0.3) is 10.4 Å². The average Bonchev–Trinajstić information content (AvgIpc) is 3.49. The maximum atomic E-state index is 14.9. The highest BCUT2D eigenvalue weighted by atomic mass is 19.2. The Balaban J connectivity index is 1.18. The van der Waals surface area contributed by atoms with Crippen molar-refractivity contribution >= 4 is 17.6 Å². The fraction of sp³-hybridized carbons (Fsp3) is 0.258. The van der Waals surface area contributed by atoms with E-state index in [4.69, 9.17) is 0 Å². The fourth-order valence-corrected chi connectivity index (χ4v) is 6.78. The van der Waals surface area contributed by atoms with Gasteiger partial charge < -0.3 is 10.6 Å². The molecule has 2 aliphatic carbocycles. The molecule has 3 aliphatic rings. The molecule has 0 saturated carbocycles. The van der Waals surface area contributed by atoms with Crippen LogP contribution in [0.2, 0.25) is 0 Å². The van der Waals surface area contributed by atoms with Gasteiger partial charge in [-0.15, -0.1) is 0 Å². The highest BCUT2D eigenvalue weighted by molar-refractivity contribution is 6.06. The van der Waals surface area contributed by atoms with Crippen LogP contribution in [0.4, 0.5) is 14.6 Å². The molecule has 4 atom stereocenters. The molecule has 10 nitrogen and oxygen atoms in total. The number of hydrogen-bond acceptors (Lipinski definition) is 6. The molecule has 0 radical (unpaired) electrons. The zero-order valence-electron chi connectivity index (χ0n) is 22.7. The summed E-state index contributed by atoms with van der Waals surface area (Å²) in [4.78, 5) is 43.0. The van der Waals surface area contributed by atoms with Crippen LogP contribution in [0, 0.1) is 11.6 Å². The van der Waals surface area contributed by atoms with Crippen molar-refractivity contribution in [3.05, 3.63) is 128 Å². The number of azide groups is 1. The van der Waals surface area contributed by atoms with Gasteiger partial charge in [-0.05, 0) is 71.7 Å². The Labute approximate surface area is 244 Å². The van der Waals surface area contributed by atoms with Crippen LogP contribution in [0.1, 0.15) is 74.8 Å². The molecular formula is C31H24F2N8O2. The lowest BCUT2D eigenvalue weighted by atomic mass is 9.80. The van der Waals surface area contributed by atoms with Crippen molar-refractivity contribution in [2.75, 3.05) is 5.32 Å². The van der Waals surface area contributed by atoms with Crippen LogP contribution < -0.4 is 10.6 Å². The summed E-state index contributed by atoms with van der Waals surface area (Å²) in [6, 6.07) is 11.3. The van der Waals surface area contributed by atoms with Crippen LogP contribution in [0.15, 0.2) is 72.2 Å². The normalized spacial score (nSPS) is 23.4. The summed E-state index contributed by atoms with van der Waals surface area (Å²) in [5.74, 6) is -2.64. The molecule has 1 aliphatic heterocycles. The van der Waals surface area contributed by atoms with E-state index < -0.39 is 41.0 Å². The number of carbonyl (C=O) groups excluding carboxylic acids is 2. The van der Waals surface area contributed by atoms with Gasteiger partial charge in [-0.3, -0.25) is 19.6 Å². The van der Waals surface area contributed by atoms with Gasteiger partial charge in [0.2, 0.25) is 5.91 Å². The molecule has 4 heterocycles. The molecule has 3 aromatic heterocycles. The topological polar surface area (TPSA) is 146 Å². The molecule has 4 aromatic rings. The SMILES string of the molecule is [N-]=[N+]=N[C@@H]1c2cccnc2[C@H](NC(=O)c2cnc3c(c2)CC2(C3)C(=O)Nc3ncccc32)CC[C@H]1c1cccc(F)c1F. The van der Waals surface area contributed by atoms with Crippen molar-refractivity contribution in [3.63, 3.8) is 0 Å². The summed E-state index contributed by atoms with van der Waals surface area (Å²) in [6.07, 6.45) is 6.13. The number of amides is 2. The number of hydrogen-bond donors (Lipinski definition) is 2. The Morgan fingerprint density at radius 3 is 2.72 bits per heavy atom. The van der Waals surface area contributed by atoms with Gasteiger partial charge >= 0.3 is 0 Å². The number of nitrogens with zero attached hydrogens (tertiary/aromatic N) is 6. The van der Waals surface area contributed by atoms with Crippen LogP contribution in [-0.2, 0) is 23.1 Å². The molecule has 1 spiro atoms. The molecule has 1 unspecified atom stereocenters. The van der Waals surface area contributed by atoms with Crippen LogP contribution in [-0.4, -0.2) is 26.8 Å². The predicted octanol–water partition coefficient (Wildman–Crippen LogP) is 5.54. The lowest BCUT2D eigenvalue weighted by Crippen LogP contribution is -2.35. The number of halogens is 2. The number of nitrogens with one attached hydrogen (secondary N) is 2. The number of anilines is 1. The second-order valence-corrected chi connectivity index (χ2v) is 11.1. The molecule has 0 bridgehead atoms. The summed E-state index contributed by atoms with van der Waals surface area (Å²) in [6.45, 7) is 0. The smallest absolute Gasteiger partial charge is 0.253 e. The first-order valence-electron chi connectivity index (χ1n) is 13.9. The molecule has 2 amide bonds. The van der Waals surface area contributed by atoms with Gasteiger partial charge in [-0.2, -0.15) is 0 Å². The number of benzene rings is 1. The second kappa shape index (κ2) is 10.2. The molecule has 7 rings (SSSR count). The molecule has 43 heavy (non-hydrogen) atoms. The number of rotatable bonds is 4. The van der Waals surface area contributed by atoms with Gasteiger partial charge in [0, 0.05) is 41.2 Å². The summed E-state index contributed by atoms with van der Waals surface area (Å²) in [5.41, 5.74) is 12.4. The highest BCUT2D eigenvalue weighted by Gasteiger charge is 2.51. The largest absolute Gasteiger partial charge is 0.344 e. The third-order valence-corrected chi connectivity index (χ3v) is 8.80. The minimum absolute atomic E-state index is 0.101. The monoisotopic (exact) mass is 578 g/mol. The van der Waals surface area contributed by atoms with E-state index in [-0.39, 0.29) is 11.5 Å². The Morgan fingerprint density at radius 1 is 1.05 bits per heavy atom. The van der Waals surface area contributed by atoms with Crippen molar-refractivity contribution in [1.82, 2.24) is 20.3 Å². The minimum atomic E-state index is -0.991. The third-order valence-electron chi connectivity index (χ3n) is 8.80. The molecule has 0 fully saturated rings. The van der Waals surface area contributed by atoms with Gasteiger partial charge in [0.15, 0.2) is 11.6 Å². The Bertz CT molecular complexity index is 1860. The van der Waals surface area contributed by atoms with E-state index in [1.807, 2.05) is 6.07 Å². The molecule has 12 heteroatoms. The van der Waals surface area contributed by atoms with Crippen LogP contribution >= 0.6 is 0 Å². The number of pyridine rings is 3. The first-order valence-corrected chi connectivity index (χ1v) is 13.9. The van der Waals surface area contributed by atoms with Crippen molar-refractivity contribution in [2.45, 2.75) is 49.1 Å². The molecule has 0 saturated heterocycles. The Hall–Kier alpha value is -5.22. The summed E-state index contributed by atoms with van der Waals surface area (Å²) >= 11 is 0. The van der Waals surface area contributed by atoms with Crippen molar-refractivity contribution in [2.24, 2.45) is 5.11 Å². The van der Waals surface area contributed by atoms with Gasteiger partial charge in [0.25, 0.3) is 5.91 Å². The Morgan fingerprint density at radius 2 is 1.86 bits per heavy atom. The maximum Gasteiger partial charge on any atom is 0.253 e. The van der Waals surface area contributed by atoms with Crippen molar-refractivity contribution in [1.29, 1.82) is 0 Å². The summed E-state index contributed by atoms with van der Waals surface area (Å²) in [5, 5.41) is 9.88. The quantitative estimate of drug-likeness (QED) is 0.141. The zero-order chi connectivity index (χ0) is 29.7. The standard InChI is InChI=1S/C31H24F2N8O2/c32-22-7-1-4-18(25(22)33)19-8-9-23(27-20(5-2-10-35-27)26(19)40-41-34)38-29(42)17-12-16-13-31(14-24(16)37-15-17)21-6-3-11-36-28(21)39-30(31)43/h1-7,10-12,15,19,23,26H,8-9,13-14H2,(H,38,42)(H,36,39,43)/t19-,23+,26-,31?/m0/s1. The first-order chi connectivity index (χ1) is 20.9. The number of aromatic nitrogens is 3. The molecule has 1 aromatic carbocycles. The lowest BCUT2D eigenvalue weighted by molar-refractivity contribution is -0.120. The first kappa shape index (κ1) is 26.7. The summed E-state index contributed by atoms with van der Waals surface area (Å²) < 4.78 is 29.1. The number of carbonyl (C=O) groups is 2. The van der Waals surface area contributed by atoms with E-state index in [9.17, 15) is 23.9 Å². The lowest BCUT2D eigenvalue weighted by Gasteiger charge is -2.23.